The summed E-state index contributed by atoms with van der Waals surface area (Å²) < 4.78 is 0. The molecule has 41 heavy (non-hydrogen) atoms. The fourth-order valence-electron chi connectivity index (χ4n) is 6.10. The van der Waals surface area contributed by atoms with E-state index in [0.717, 1.165) is 40.5 Å². The Hall–Kier alpha value is -3.65. The summed E-state index contributed by atoms with van der Waals surface area (Å²) in [5.41, 5.74) is 6.08. The van der Waals surface area contributed by atoms with Crippen molar-refractivity contribution in [1.82, 2.24) is 10.4 Å². The lowest BCUT2D eigenvalue weighted by Crippen LogP contribution is -2.41. The molecule has 1 aliphatic carbocycles. The van der Waals surface area contributed by atoms with Crippen molar-refractivity contribution in [2.24, 2.45) is 11.8 Å². The summed E-state index contributed by atoms with van der Waals surface area (Å²) in [6, 6.07) is 27.4. The number of hydroxylamine groups is 1. The first-order valence-electron chi connectivity index (χ1n) is 13.7. The lowest BCUT2D eigenvalue weighted by atomic mass is 9.94. The summed E-state index contributed by atoms with van der Waals surface area (Å²) in [6.07, 6.45) is 2.31. The second-order valence-corrected chi connectivity index (χ2v) is 12.5. The minimum Gasteiger partial charge on any atom is -0.289 e. The van der Waals surface area contributed by atoms with Crippen LogP contribution < -0.4 is 5.48 Å². The van der Waals surface area contributed by atoms with Crippen molar-refractivity contribution in [3.8, 4) is 11.1 Å². The summed E-state index contributed by atoms with van der Waals surface area (Å²) in [7, 11) is 0. The van der Waals surface area contributed by atoms with Crippen LogP contribution >= 0.6 is 23.4 Å². The van der Waals surface area contributed by atoms with Crippen LogP contribution in [0.15, 0.2) is 84.9 Å². The summed E-state index contributed by atoms with van der Waals surface area (Å²) >= 11 is 7.71. The maximum atomic E-state index is 13.3. The van der Waals surface area contributed by atoms with Crippen molar-refractivity contribution < 1.29 is 19.6 Å². The molecular formula is C33H29ClN2O4S. The number of nitrogens with one attached hydrogen (secondary N) is 1. The molecular weight excluding hydrogens is 556 g/mol. The van der Waals surface area contributed by atoms with E-state index in [1.807, 2.05) is 54.0 Å². The van der Waals surface area contributed by atoms with E-state index in [1.54, 1.807) is 23.9 Å². The van der Waals surface area contributed by atoms with E-state index in [9.17, 15) is 19.6 Å². The van der Waals surface area contributed by atoms with Crippen LogP contribution in [0.5, 0.6) is 0 Å². The quantitative estimate of drug-likeness (QED) is 0.138. The third-order valence-electron chi connectivity index (χ3n) is 8.25. The number of fused-ring (bicyclic) bond motifs is 2. The van der Waals surface area contributed by atoms with Gasteiger partial charge in [0.05, 0.1) is 17.0 Å². The van der Waals surface area contributed by atoms with Gasteiger partial charge in [0.15, 0.2) is 0 Å². The van der Waals surface area contributed by atoms with Gasteiger partial charge in [-0.3, -0.25) is 24.5 Å². The first-order valence-corrected chi connectivity index (χ1v) is 15.1. The Balaban J connectivity index is 1.10. The Morgan fingerprint density at radius 3 is 2.05 bits per heavy atom. The van der Waals surface area contributed by atoms with Gasteiger partial charge in [-0.05, 0) is 82.7 Å². The molecule has 2 aliphatic rings. The van der Waals surface area contributed by atoms with Gasteiger partial charge in [-0.25, -0.2) is 5.48 Å². The molecule has 3 atom stereocenters. The molecule has 4 aromatic carbocycles. The second kappa shape index (κ2) is 11.7. The number of carbonyl (C=O) groups excluding carboxylic acids is 3. The molecule has 4 aromatic rings. The number of nitrogens with zero attached hydrogens (tertiary/aromatic N) is 1. The van der Waals surface area contributed by atoms with Gasteiger partial charge in [-0.2, -0.15) is 11.8 Å². The normalized spacial score (nSPS) is 20.0. The van der Waals surface area contributed by atoms with Crippen molar-refractivity contribution in [1.29, 1.82) is 0 Å². The number of imide groups is 1. The van der Waals surface area contributed by atoms with Crippen LogP contribution in [0.25, 0.3) is 21.9 Å². The van der Waals surface area contributed by atoms with Gasteiger partial charge in [0, 0.05) is 16.8 Å². The zero-order valence-corrected chi connectivity index (χ0v) is 23.8. The highest BCUT2D eigenvalue weighted by Crippen LogP contribution is 2.41. The number of thioether (sulfide) groups is 1. The van der Waals surface area contributed by atoms with Crippen LogP contribution in [0.2, 0.25) is 5.02 Å². The van der Waals surface area contributed by atoms with E-state index in [1.165, 1.54) is 10.5 Å². The highest BCUT2D eigenvalue weighted by molar-refractivity contribution is 7.99. The molecule has 6 nitrogen and oxygen atoms in total. The van der Waals surface area contributed by atoms with Gasteiger partial charge in [-0.15, -0.1) is 0 Å². The third-order valence-corrected chi connectivity index (χ3v) is 9.90. The standard InChI is InChI=1S/C33H29ClN2O4S/c34-26-12-9-22(10-13-26)21-7-5-20(6-8-21)15-16-41-29-14-11-25(30(29)31(37)35-40)19-36-32(38)27-17-23-3-1-2-4-24(23)18-28(27)33(36)39/h1-10,12-13,17-18,25,29-30,40H,11,14-16,19H2,(H,35,37)/t25-,29-,30-/m1/s1. The Morgan fingerprint density at radius 2 is 1.46 bits per heavy atom. The van der Waals surface area contributed by atoms with Crippen molar-refractivity contribution in [3.63, 3.8) is 0 Å². The largest absolute Gasteiger partial charge is 0.289 e. The third kappa shape index (κ3) is 5.49. The van der Waals surface area contributed by atoms with Gasteiger partial charge in [0.25, 0.3) is 11.8 Å². The van der Waals surface area contributed by atoms with E-state index < -0.39 is 11.8 Å². The van der Waals surface area contributed by atoms with Gasteiger partial charge < -0.3 is 0 Å². The van der Waals surface area contributed by atoms with Crippen LogP contribution in [0.3, 0.4) is 0 Å². The zero-order chi connectivity index (χ0) is 28.5. The molecule has 0 radical (unpaired) electrons. The maximum absolute atomic E-state index is 13.3. The minimum absolute atomic E-state index is 0.0155. The molecule has 0 saturated heterocycles. The molecule has 0 bridgehead atoms. The number of amides is 3. The molecule has 0 unspecified atom stereocenters. The Morgan fingerprint density at radius 1 is 0.878 bits per heavy atom. The number of benzene rings is 4. The lowest BCUT2D eigenvalue weighted by molar-refractivity contribution is -0.134. The fourth-order valence-corrected chi connectivity index (χ4v) is 7.74. The molecule has 6 rings (SSSR count). The molecule has 208 valence electrons. The van der Waals surface area contributed by atoms with Gasteiger partial charge in [-0.1, -0.05) is 72.3 Å². The number of carbonyl (C=O) groups is 3. The second-order valence-electron chi connectivity index (χ2n) is 10.7. The van der Waals surface area contributed by atoms with E-state index in [2.05, 4.69) is 24.3 Å². The molecule has 3 amide bonds. The number of hydrogen-bond donors (Lipinski definition) is 2. The maximum Gasteiger partial charge on any atom is 0.261 e. The summed E-state index contributed by atoms with van der Waals surface area (Å²) in [5.74, 6) is -1.02. The number of hydrogen-bond acceptors (Lipinski definition) is 5. The lowest BCUT2D eigenvalue weighted by Gasteiger charge is -2.25. The van der Waals surface area contributed by atoms with E-state index in [-0.39, 0.29) is 29.5 Å². The fraction of sp³-hybridized carbons (Fsp3) is 0.242. The molecule has 8 heteroatoms. The minimum atomic E-state index is -0.499. The molecule has 1 fully saturated rings. The van der Waals surface area contributed by atoms with Crippen LogP contribution in [0, 0.1) is 11.8 Å². The Kier molecular flexibility index (Phi) is 7.84. The summed E-state index contributed by atoms with van der Waals surface area (Å²) in [6.45, 7) is 0.157. The number of aryl methyl sites for hydroxylation is 1. The highest BCUT2D eigenvalue weighted by Gasteiger charge is 2.45. The van der Waals surface area contributed by atoms with Crippen molar-refractivity contribution in [2.75, 3.05) is 12.3 Å². The van der Waals surface area contributed by atoms with Crippen molar-refractivity contribution in [2.45, 2.75) is 24.5 Å². The van der Waals surface area contributed by atoms with Gasteiger partial charge in [0.1, 0.15) is 0 Å². The van der Waals surface area contributed by atoms with Crippen molar-refractivity contribution in [3.05, 3.63) is 107 Å². The zero-order valence-electron chi connectivity index (χ0n) is 22.3. The predicted molar refractivity (Wildman–Crippen MR) is 162 cm³/mol. The van der Waals surface area contributed by atoms with E-state index in [4.69, 9.17) is 11.6 Å². The van der Waals surface area contributed by atoms with Crippen molar-refractivity contribution >= 4 is 51.9 Å². The monoisotopic (exact) mass is 584 g/mol. The topological polar surface area (TPSA) is 86.7 Å². The molecule has 0 aromatic heterocycles. The van der Waals surface area contributed by atoms with E-state index >= 15 is 0 Å². The summed E-state index contributed by atoms with van der Waals surface area (Å²) in [4.78, 5) is 40.6. The van der Waals surface area contributed by atoms with Crippen LogP contribution in [-0.2, 0) is 11.2 Å². The first kappa shape index (κ1) is 27.5. The smallest absolute Gasteiger partial charge is 0.261 e. The molecule has 0 spiro atoms. The number of halogens is 1. The SMILES string of the molecule is O=C(NO)[C@@H]1[C@@H](CN2C(=O)c3cc4ccccc4cc3C2=O)CC[C@H]1SCCc1ccc(-c2ccc(Cl)cc2)cc1. The first-order chi connectivity index (χ1) is 19.9. The van der Waals surface area contributed by atoms with Gasteiger partial charge in [0.2, 0.25) is 5.91 Å². The summed E-state index contributed by atoms with van der Waals surface area (Å²) in [5, 5.41) is 12.0. The van der Waals surface area contributed by atoms with Crippen LogP contribution in [0.4, 0.5) is 0 Å². The van der Waals surface area contributed by atoms with E-state index in [0.29, 0.717) is 22.6 Å². The van der Waals surface area contributed by atoms with Crippen LogP contribution in [0.1, 0.15) is 39.1 Å². The number of rotatable bonds is 8. The highest BCUT2D eigenvalue weighted by atomic mass is 35.5. The molecule has 1 aliphatic heterocycles. The predicted octanol–water partition coefficient (Wildman–Crippen LogP) is 6.63. The molecule has 1 heterocycles. The Bertz CT molecular complexity index is 1570. The molecule has 2 N–H and O–H groups in total. The molecule has 1 saturated carbocycles. The Labute approximate surface area is 247 Å². The van der Waals surface area contributed by atoms with Crippen LogP contribution in [-0.4, -0.2) is 45.4 Å². The average molecular weight is 585 g/mol. The van der Waals surface area contributed by atoms with Gasteiger partial charge >= 0.3 is 0 Å². The average Bonchev–Trinajstić information content (AvgIpc) is 3.50.